The van der Waals surface area contributed by atoms with Crippen molar-refractivity contribution in [3.05, 3.63) is 91.9 Å². The molecule has 0 radical (unpaired) electrons. The van der Waals surface area contributed by atoms with E-state index >= 15 is 0 Å². The number of benzene rings is 1. The largest absolute Gasteiger partial charge is 0.494 e. The van der Waals surface area contributed by atoms with Crippen molar-refractivity contribution in [2.24, 2.45) is 5.92 Å². The number of thiazole rings is 1. The van der Waals surface area contributed by atoms with Crippen LogP contribution in [-0.4, -0.2) is 122 Å². The number of unbranched alkanes of at least 4 members (excludes halogenated alkanes) is 2. The molecule has 3 amide bonds. The Hall–Kier alpha value is -6.60. The minimum absolute atomic E-state index is 0.0104. The molecule has 0 bridgehead atoms. The highest BCUT2D eigenvalue weighted by Crippen LogP contribution is 2.37. The molecule has 0 spiro atoms. The van der Waals surface area contributed by atoms with Gasteiger partial charge in [-0.25, -0.2) is 15.0 Å². The highest BCUT2D eigenvalue weighted by molar-refractivity contribution is 7.10. The summed E-state index contributed by atoms with van der Waals surface area (Å²) >= 11 is 1.40. The average molecular weight is 1040 g/mol. The lowest BCUT2D eigenvalue weighted by atomic mass is 9.83. The van der Waals surface area contributed by atoms with Gasteiger partial charge in [-0.2, -0.15) is 4.98 Å². The fourth-order valence-corrected chi connectivity index (χ4v) is 12.3. The number of hydrogen-bond acceptors (Lipinski definition) is 15. The number of nitrogens with one attached hydrogen (secondary N) is 3. The monoisotopic (exact) mass is 1040 g/mol. The number of nitrogens with zero attached hydrogens (tertiary/aromatic N) is 8. The first-order chi connectivity index (χ1) is 36.4. The summed E-state index contributed by atoms with van der Waals surface area (Å²) in [5.74, 6) is 1.00. The van der Waals surface area contributed by atoms with E-state index in [1.165, 1.54) is 18.3 Å². The number of anilines is 3. The molecule has 3 atom stereocenters. The zero-order chi connectivity index (χ0) is 52.6. The number of fused-ring (bicyclic) bond motifs is 1. The molecule has 398 valence electrons. The number of likely N-dealkylation sites (N-methyl/N-ethyl adjacent to an activating group) is 1. The third-order valence-electron chi connectivity index (χ3n) is 15.7. The van der Waals surface area contributed by atoms with Crippen LogP contribution in [-0.2, 0) is 14.4 Å². The minimum atomic E-state index is -0.585. The van der Waals surface area contributed by atoms with Gasteiger partial charge in [-0.3, -0.25) is 33.3 Å². The first-order valence-electron chi connectivity index (χ1n) is 27.1. The number of amides is 3. The van der Waals surface area contributed by atoms with E-state index in [2.05, 4.69) is 30.8 Å². The van der Waals surface area contributed by atoms with Crippen LogP contribution in [0.1, 0.15) is 159 Å². The Morgan fingerprint density at radius 1 is 0.853 bits per heavy atom. The molecule has 4 aromatic heterocycles. The minimum Gasteiger partial charge on any atom is -0.494 e. The molecule has 2 aliphatic heterocycles. The molecule has 2 saturated heterocycles. The van der Waals surface area contributed by atoms with Crippen LogP contribution < -0.4 is 31.1 Å². The third-order valence-corrected chi connectivity index (χ3v) is 16.7. The number of piperazine rings is 1. The van der Waals surface area contributed by atoms with Crippen molar-refractivity contribution in [1.29, 1.82) is 0 Å². The van der Waals surface area contributed by atoms with E-state index < -0.39 is 12.1 Å². The summed E-state index contributed by atoms with van der Waals surface area (Å²) in [6, 6.07) is 9.74. The molecule has 2 aliphatic carbocycles. The Labute approximate surface area is 442 Å². The van der Waals surface area contributed by atoms with Crippen LogP contribution in [0.25, 0.3) is 11.0 Å². The Bertz CT molecular complexity index is 2920. The van der Waals surface area contributed by atoms with Crippen LogP contribution in [0.4, 0.5) is 17.5 Å². The maximum atomic E-state index is 14.2. The predicted octanol–water partition coefficient (Wildman–Crippen LogP) is 7.87. The molecule has 18 nitrogen and oxygen atoms in total. The number of hydrogen-bond donors (Lipinski definition) is 3. The Kier molecular flexibility index (Phi) is 17.3. The van der Waals surface area contributed by atoms with Gasteiger partial charge in [0, 0.05) is 67.7 Å². The van der Waals surface area contributed by atoms with E-state index in [4.69, 9.17) is 14.7 Å². The van der Waals surface area contributed by atoms with Crippen molar-refractivity contribution >= 4 is 69.1 Å². The van der Waals surface area contributed by atoms with Gasteiger partial charge >= 0.3 is 0 Å². The SMILES string of the molecule is CN[C@@H](C)C(=O)N[C@H](C(=O)N1CCC[C@H]1c1nc(C(=O)c2cccc(OCCCCCC(=O)N3CCN(c4ccc(Nc5ncc6c(C)c(C(C)=O)c(=O)n(C7CCCC7)c6n5)nc4)CC3)c2)cs1)C1CCCCC1. The Morgan fingerprint density at radius 2 is 1.63 bits per heavy atom. The van der Waals surface area contributed by atoms with Crippen LogP contribution in [0, 0.1) is 12.8 Å². The summed E-state index contributed by atoms with van der Waals surface area (Å²) in [6.07, 6.45) is 16.7. The standard InChI is InChI=1S/C56H71N11O7S/c1-35-43-33-59-56(63-51(43)67(40-18-10-11-19-40)54(72)48(35)37(3)68)61-46-24-23-41(32-58-46)64-26-28-65(29-27-64)47(69)22-9-6-12-30-74-42-20-13-17-39(31-42)50(70)44-34-75-53(60-44)45-21-14-25-66(45)55(73)49(38-15-7-5-8-16-38)62-52(71)36(2)57-4/h13,17,20,23-24,31-34,36,38,40,45,49,57H,5-12,14-16,18-19,21-22,25-30H2,1-4H3,(H,62,71)(H,58,59,61,63)/t36-,45-,49-/m0/s1. The normalized spacial score (nSPS) is 18.3. The van der Waals surface area contributed by atoms with Crippen molar-refractivity contribution in [2.45, 2.75) is 141 Å². The lowest BCUT2D eigenvalue weighted by Crippen LogP contribution is -2.55. The fourth-order valence-electron chi connectivity index (χ4n) is 11.3. The zero-order valence-electron chi connectivity index (χ0n) is 43.8. The molecule has 2 saturated carbocycles. The Balaban J connectivity index is 0.703. The molecule has 5 aromatic rings. The number of ketones is 2. The summed E-state index contributed by atoms with van der Waals surface area (Å²) in [5, 5.41) is 12.5. The number of carbonyl (C=O) groups is 5. The first-order valence-corrected chi connectivity index (χ1v) is 28.0. The third kappa shape index (κ3) is 12.3. The van der Waals surface area contributed by atoms with Gasteiger partial charge in [0.1, 0.15) is 34.0 Å². The van der Waals surface area contributed by atoms with E-state index in [0.717, 1.165) is 101 Å². The van der Waals surface area contributed by atoms with Crippen LogP contribution in [0.2, 0.25) is 0 Å². The molecule has 19 heteroatoms. The van der Waals surface area contributed by atoms with Crippen molar-refractivity contribution in [3.63, 3.8) is 0 Å². The predicted molar refractivity (Wildman–Crippen MR) is 289 cm³/mol. The lowest BCUT2D eigenvalue weighted by molar-refractivity contribution is -0.139. The number of aromatic nitrogens is 5. The summed E-state index contributed by atoms with van der Waals surface area (Å²) in [4.78, 5) is 105. The molecule has 9 rings (SSSR count). The average Bonchev–Trinajstić information content (AvgIpc) is 4.26. The van der Waals surface area contributed by atoms with Crippen molar-refractivity contribution in [3.8, 4) is 5.75 Å². The van der Waals surface area contributed by atoms with Gasteiger partial charge in [-0.15, -0.1) is 11.3 Å². The van der Waals surface area contributed by atoms with Crippen molar-refractivity contribution < 1.29 is 28.7 Å². The zero-order valence-corrected chi connectivity index (χ0v) is 44.6. The first kappa shape index (κ1) is 53.2. The summed E-state index contributed by atoms with van der Waals surface area (Å²) < 4.78 is 7.77. The van der Waals surface area contributed by atoms with E-state index in [0.29, 0.717) is 91.1 Å². The van der Waals surface area contributed by atoms with E-state index in [9.17, 15) is 28.8 Å². The van der Waals surface area contributed by atoms with E-state index in [-0.39, 0.29) is 58.4 Å². The summed E-state index contributed by atoms with van der Waals surface area (Å²) in [6.45, 7) is 8.66. The number of ether oxygens (including phenoxy) is 1. The molecule has 1 aromatic carbocycles. The van der Waals surface area contributed by atoms with Gasteiger partial charge in [0.15, 0.2) is 5.78 Å². The van der Waals surface area contributed by atoms with Gasteiger partial charge in [0.05, 0.1) is 36.1 Å². The highest BCUT2D eigenvalue weighted by Gasteiger charge is 2.40. The van der Waals surface area contributed by atoms with Crippen molar-refractivity contribution in [2.75, 3.05) is 56.6 Å². The highest BCUT2D eigenvalue weighted by atomic mass is 32.1. The molecule has 4 aliphatic rings. The maximum absolute atomic E-state index is 14.2. The number of aryl methyl sites for hydroxylation is 1. The van der Waals surface area contributed by atoms with E-state index in [1.807, 2.05) is 28.0 Å². The van der Waals surface area contributed by atoms with Crippen LogP contribution in [0.5, 0.6) is 5.75 Å². The van der Waals surface area contributed by atoms with Gasteiger partial charge in [0.25, 0.3) is 5.56 Å². The molecular weight excluding hydrogens is 971 g/mol. The second-order valence-electron chi connectivity index (χ2n) is 20.7. The number of rotatable bonds is 20. The van der Waals surface area contributed by atoms with Gasteiger partial charge in [-0.1, -0.05) is 44.2 Å². The van der Waals surface area contributed by atoms with Gasteiger partial charge < -0.3 is 35.4 Å². The summed E-state index contributed by atoms with van der Waals surface area (Å²) in [7, 11) is 1.74. The quantitative estimate of drug-likeness (QED) is 0.0500. The second kappa shape index (κ2) is 24.4. The lowest BCUT2D eigenvalue weighted by Gasteiger charge is -2.36. The molecule has 0 unspecified atom stereocenters. The topological polar surface area (TPSA) is 214 Å². The van der Waals surface area contributed by atoms with Gasteiger partial charge in [0.2, 0.25) is 29.5 Å². The van der Waals surface area contributed by atoms with Crippen LogP contribution in [0.15, 0.2) is 59.0 Å². The molecule has 6 heterocycles. The smallest absolute Gasteiger partial charge is 0.263 e. The van der Waals surface area contributed by atoms with Crippen LogP contribution >= 0.6 is 11.3 Å². The summed E-state index contributed by atoms with van der Waals surface area (Å²) in [5.41, 5.74) is 2.79. The maximum Gasteiger partial charge on any atom is 0.263 e. The number of likely N-dealkylation sites (tertiary alicyclic amines) is 1. The number of pyridine rings is 2. The molecular formula is C56H71N11O7S. The second-order valence-corrected chi connectivity index (χ2v) is 21.6. The number of Topliss-reactive ketones (excluding diaryl/α,β-unsaturated/α-hetero) is 1. The molecule has 4 fully saturated rings. The van der Waals surface area contributed by atoms with Crippen LogP contribution in [0.3, 0.4) is 0 Å². The molecule has 3 N–H and O–H groups in total. The molecule has 75 heavy (non-hydrogen) atoms. The van der Waals surface area contributed by atoms with Crippen molar-refractivity contribution in [1.82, 2.24) is 44.9 Å². The number of carbonyl (C=O) groups excluding carboxylic acids is 5. The van der Waals surface area contributed by atoms with E-state index in [1.54, 1.807) is 61.4 Å². The fraction of sp³-hybridized carbons (Fsp3) is 0.536. The van der Waals surface area contributed by atoms with Gasteiger partial charge in [-0.05, 0) is 121 Å². The Morgan fingerprint density at radius 3 is 2.36 bits per heavy atom.